The Morgan fingerprint density at radius 1 is 1.22 bits per heavy atom. The maximum atomic E-state index is 15.1. The van der Waals surface area contributed by atoms with Gasteiger partial charge in [0.2, 0.25) is 5.70 Å². The molecule has 3 atom stereocenters. The SMILES string of the molecule is [C-]#[N+]C1=C[C@@]2(C)c3nc(-c4ccnc(CS(C)(=O)=O)c4)nc(-c4ccccc4F)c3CC[C@@H]2[C@@H](C)C1=O. The molecule has 0 saturated carbocycles. The number of allylic oxidation sites excluding steroid dienone is 2. The monoisotopic (exact) mass is 516 g/mol. The molecule has 0 N–H and O–H groups in total. The van der Waals surface area contributed by atoms with E-state index in [4.69, 9.17) is 16.5 Å². The second-order valence-corrected chi connectivity index (χ2v) is 12.2. The molecule has 2 aromatic heterocycles. The molecule has 1 aromatic carbocycles. The number of aromatic nitrogens is 3. The number of hydrogen-bond acceptors (Lipinski definition) is 6. The van der Waals surface area contributed by atoms with Gasteiger partial charge in [0.05, 0.1) is 29.4 Å². The molecule has 7 nitrogen and oxygen atoms in total. The van der Waals surface area contributed by atoms with Crippen LogP contribution in [0.4, 0.5) is 4.39 Å². The van der Waals surface area contributed by atoms with Crippen LogP contribution in [0.5, 0.6) is 0 Å². The van der Waals surface area contributed by atoms with Crippen molar-refractivity contribution in [2.45, 2.75) is 37.9 Å². The summed E-state index contributed by atoms with van der Waals surface area (Å²) in [4.78, 5) is 30.2. The third-order valence-electron chi connectivity index (χ3n) is 7.43. The summed E-state index contributed by atoms with van der Waals surface area (Å²) in [6.45, 7) is 11.4. The smallest absolute Gasteiger partial charge is 0.226 e. The van der Waals surface area contributed by atoms with Gasteiger partial charge in [-0.2, -0.15) is 0 Å². The van der Waals surface area contributed by atoms with Gasteiger partial charge < -0.3 is 4.79 Å². The topological polar surface area (TPSA) is 94.2 Å². The molecule has 3 aromatic rings. The molecule has 0 amide bonds. The summed E-state index contributed by atoms with van der Waals surface area (Å²) in [6.07, 6.45) is 5.60. The van der Waals surface area contributed by atoms with Gasteiger partial charge in [-0.15, -0.1) is 0 Å². The van der Waals surface area contributed by atoms with Crippen molar-refractivity contribution < 1.29 is 17.6 Å². The van der Waals surface area contributed by atoms with Gasteiger partial charge >= 0.3 is 0 Å². The molecule has 37 heavy (non-hydrogen) atoms. The van der Waals surface area contributed by atoms with E-state index in [1.165, 1.54) is 12.3 Å². The quantitative estimate of drug-likeness (QED) is 0.466. The van der Waals surface area contributed by atoms with E-state index in [-0.39, 0.29) is 29.1 Å². The lowest BCUT2D eigenvalue weighted by atomic mass is 9.58. The third-order valence-corrected chi connectivity index (χ3v) is 8.25. The predicted octanol–water partition coefficient (Wildman–Crippen LogP) is 4.73. The number of Topliss-reactive ketones (excluding diaryl/α,β-unsaturated/α-hetero) is 1. The van der Waals surface area contributed by atoms with Crippen molar-refractivity contribution in [3.8, 4) is 22.6 Å². The number of benzene rings is 1. The van der Waals surface area contributed by atoms with Crippen molar-refractivity contribution in [1.82, 2.24) is 15.0 Å². The highest BCUT2D eigenvalue weighted by Crippen LogP contribution is 2.51. The summed E-state index contributed by atoms with van der Waals surface area (Å²) in [5.74, 6) is -0.943. The van der Waals surface area contributed by atoms with Crippen LogP contribution in [0.2, 0.25) is 0 Å². The minimum atomic E-state index is -3.31. The van der Waals surface area contributed by atoms with Gasteiger partial charge in [0.15, 0.2) is 21.4 Å². The molecule has 0 bridgehead atoms. The van der Waals surface area contributed by atoms with Crippen molar-refractivity contribution in [3.05, 3.63) is 88.6 Å². The molecular formula is C28H25FN4O3S. The zero-order chi connectivity index (χ0) is 26.5. The number of fused-ring (bicyclic) bond motifs is 3. The Labute approximate surface area is 215 Å². The van der Waals surface area contributed by atoms with E-state index in [1.807, 2.05) is 13.8 Å². The minimum absolute atomic E-state index is 0.0764. The van der Waals surface area contributed by atoms with Gasteiger partial charge in [-0.05, 0) is 43.0 Å². The molecule has 0 aliphatic heterocycles. The normalized spacial score (nSPS) is 23.0. The minimum Gasteiger partial charge on any atom is -0.308 e. The number of nitrogens with zero attached hydrogens (tertiary/aromatic N) is 4. The molecule has 0 unspecified atom stereocenters. The summed E-state index contributed by atoms with van der Waals surface area (Å²) in [5, 5.41) is 0. The van der Waals surface area contributed by atoms with Crippen LogP contribution in [0.1, 0.15) is 37.2 Å². The van der Waals surface area contributed by atoms with Gasteiger partial charge in [0.1, 0.15) is 5.82 Å². The first-order valence-corrected chi connectivity index (χ1v) is 14.0. The second kappa shape index (κ2) is 8.96. The molecule has 2 aliphatic rings. The van der Waals surface area contributed by atoms with Crippen LogP contribution in [0.25, 0.3) is 27.5 Å². The van der Waals surface area contributed by atoms with Crippen LogP contribution < -0.4 is 0 Å². The van der Waals surface area contributed by atoms with Gasteiger partial charge in [-0.1, -0.05) is 32.1 Å². The van der Waals surface area contributed by atoms with Crippen LogP contribution in [0.15, 0.2) is 54.4 Å². The number of pyridine rings is 1. The summed E-state index contributed by atoms with van der Waals surface area (Å²) in [5.41, 5.74) is 2.51. The number of halogens is 1. The molecule has 188 valence electrons. The highest BCUT2D eigenvalue weighted by molar-refractivity contribution is 7.89. The fourth-order valence-electron chi connectivity index (χ4n) is 5.71. The highest BCUT2D eigenvalue weighted by atomic mass is 32.2. The summed E-state index contributed by atoms with van der Waals surface area (Å²) < 4.78 is 38.8. The van der Waals surface area contributed by atoms with E-state index < -0.39 is 21.1 Å². The first-order valence-electron chi connectivity index (χ1n) is 12.0. The van der Waals surface area contributed by atoms with Crippen LogP contribution in [0.3, 0.4) is 0 Å². The van der Waals surface area contributed by atoms with E-state index in [0.29, 0.717) is 46.9 Å². The van der Waals surface area contributed by atoms with Crippen LogP contribution >= 0.6 is 0 Å². The molecule has 2 heterocycles. The molecular weight excluding hydrogens is 491 g/mol. The molecule has 0 saturated heterocycles. The Kier molecular flexibility index (Phi) is 6.03. The number of hydrogen-bond donors (Lipinski definition) is 0. The molecule has 9 heteroatoms. The second-order valence-electron chi connectivity index (χ2n) is 10.0. The van der Waals surface area contributed by atoms with Crippen molar-refractivity contribution >= 4 is 15.6 Å². The molecule has 2 aliphatic carbocycles. The predicted molar refractivity (Wildman–Crippen MR) is 137 cm³/mol. The average Bonchev–Trinajstić information content (AvgIpc) is 2.85. The maximum Gasteiger partial charge on any atom is 0.226 e. The number of carbonyl (C=O) groups excluding carboxylic acids is 1. The van der Waals surface area contributed by atoms with E-state index >= 15 is 4.39 Å². The first kappa shape index (κ1) is 24.9. The standard InChI is InChI=1S/C28H25FN4O3S/c1-16-21-10-9-20-24(19-7-5-6-8-22(19)29)32-27(17-11-12-31-18(13-17)15-37(4,35)36)33-26(20)28(21,2)14-23(30-3)25(16)34/h5-8,11-14,16,21H,9-10,15H2,1-2,4H3/t16-,21-,28-/m1/s1. The lowest BCUT2D eigenvalue weighted by Gasteiger charge is -2.46. The van der Waals surface area contributed by atoms with Gasteiger partial charge in [-0.25, -0.2) is 27.6 Å². The summed E-state index contributed by atoms with van der Waals surface area (Å²) in [6, 6.07) is 9.73. The highest BCUT2D eigenvalue weighted by Gasteiger charge is 2.49. The fraction of sp³-hybridized carbons (Fsp3) is 0.321. The number of rotatable bonds is 4. The largest absolute Gasteiger partial charge is 0.308 e. The Morgan fingerprint density at radius 3 is 2.68 bits per heavy atom. The van der Waals surface area contributed by atoms with Crippen molar-refractivity contribution in [2.75, 3.05) is 6.26 Å². The third kappa shape index (κ3) is 4.36. The molecule has 5 rings (SSSR count). The van der Waals surface area contributed by atoms with Crippen molar-refractivity contribution in [1.29, 1.82) is 0 Å². The van der Waals surface area contributed by atoms with E-state index in [2.05, 4.69) is 9.83 Å². The van der Waals surface area contributed by atoms with Gasteiger partial charge in [0, 0.05) is 40.5 Å². The van der Waals surface area contributed by atoms with Crippen LogP contribution in [-0.2, 0) is 32.2 Å². The Bertz CT molecular complexity index is 1630. The van der Waals surface area contributed by atoms with Crippen LogP contribution in [0, 0.1) is 24.2 Å². The lowest BCUT2D eigenvalue weighted by molar-refractivity contribution is -0.121. The Morgan fingerprint density at radius 2 is 1.97 bits per heavy atom. The summed E-state index contributed by atoms with van der Waals surface area (Å²) >= 11 is 0. The molecule has 0 fully saturated rings. The van der Waals surface area contributed by atoms with E-state index in [9.17, 15) is 13.2 Å². The zero-order valence-corrected chi connectivity index (χ0v) is 21.5. The van der Waals surface area contributed by atoms with Crippen molar-refractivity contribution in [3.63, 3.8) is 0 Å². The zero-order valence-electron chi connectivity index (χ0n) is 20.7. The summed E-state index contributed by atoms with van der Waals surface area (Å²) in [7, 11) is -3.31. The first-order chi connectivity index (χ1) is 17.5. The average molecular weight is 517 g/mol. The van der Waals surface area contributed by atoms with Gasteiger partial charge in [-0.3, -0.25) is 4.98 Å². The number of ketones is 1. The van der Waals surface area contributed by atoms with Crippen LogP contribution in [-0.4, -0.2) is 35.4 Å². The molecule has 0 spiro atoms. The van der Waals surface area contributed by atoms with E-state index in [1.54, 1.807) is 36.4 Å². The Hall–Kier alpha value is -3.77. The number of sulfone groups is 1. The fourth-order valence-corrected chi connectivity index (χ4v) is 6.41. The maximum absolute atomic E-state index is 15.1. The van der Waals surface area contributed by atoms with E-state index in [0.717, 1.165) is 11.8 Å². The van der Waals surface area contributed by atoms with Crippen molar-refractivity contribution in [2.24, 2.45) is 11.8 Å². The molecule has 0 radical (unpaired) electrons. The van der Waals surface area contributed by atoms with Gasteiger partial charge in [0.25, 0.3) is 0 Å². The Balaban J connectivity index is 1.79. The lowest BCUT2D eigenvalue weighted by Crippen LogP contribution is -2.46. The number of carbonyl (C=O) groups is 1.